The van der Waals surface area contributed by atoms with E-state index in [1.54, 1.807) is 0 Å². The topological polar surface area (TPSA) is 35.0 Å². The molecule has 0 amide bonds. The molecule has 0 unspecified atom stereocenters. The SMILES string of the molecule is Cc1nsc(SCC2(CBr)CCOCC2)n1. The van der Waals surface area contributed by atoms with Gasteiger partial charge in [-0.05, 0) is 36.7 Å². The first-order valence-corrected chi connectivity index (χ1v) is 8.19. The first-order chi connectivity index (χ1) is 7.74. The molecule has 6 heteroatoms. The van der Waals surface area contributed by atoms with E-state index in [4.69, 9.17) is 4.74 Å². The van der Waals surface area contributed by atoms with Gasteiger partial charge in [0, 0.05) is 24.3 Å². The van der Waals surface area contributed by atoms with Gasteiger partial charge in [-0.1, -0.05) is 27.7 Å². The van der Waals surface area contributed by atoms with Crippen LogP contribution in [0.4, 0.5) is 0 Å². The number of hydrogen-bond acceptors (Lipinski definition) is 5. The molecule has 1 aliphatic rings. The Labute approximate surface area is 113 Å². The van der Waals surface area contributed by atoms with Gasteiger partial charge in [0.15, 0.2) is 4.34 Å². The van der Waals surface area contributed by atoms with Crippen molar-refractivity contribution >= 4 is 39.2 Å². The van der Waals surface area contributed by atoms with Crippen molar-refractivity contribution in [1.82, 2.24) is 9.36 Å². The molecule has 0 bridgehead atoms. The molecule has 1 saturated heterocycles. The Morgan fingerprint density at radius 1 is 1.50 bits per heavy atom. The lowest BCUT2D eigenvalue weighted by Gasteiger charge is -2.35. The summed E-state index contributed by atoms with van der Waals surface area (Å²) in [5.41, 5.74) is 0.377. The molecular weight excluding hydrogens is 308 g/mol. The van der Waals surface area contributed by atoms with E-state index < -0.39 is 0 Å². The highest BCUT2D eigenvalue weighted by atomic mass is 79.9. The van der Waals surface area contributed by atoms with Gasteiger partial charge < -0.3 is 4.74 Å². The van der Waals surface area contributed by atoms with Crippen LogP contribution in [-0.4, -0.2) is 33.7 Å². The van der Waals surface area contributed by atoms with Gasteiger partial charge in [-0.25, -0.2) is 4.98 Å². The van der Waals surface area contributed by atoms with Crippen molar-refractivity contribution in [3.05, 3.63) is 5.82 Å². The molecule has 0 aliphatic carbocycles. The summed E-state index contributed by atoms with van der Waals surface area (Å²) in [6.07, 6.45) is 2.28. The fraction of sp³-hybridized carbons (Fsp3) is 0.800. The Kier molecular flexibility index (Phi) is 4.64. The maximum atomic E-state index is 5.43. The maximum absolute atomic E-state index is 5.43. The summed E-state index contributed by atoms with van der Waals surface area (Å²) in [6, 6.07) is 0. The van der Waals surface area contributed by atoms with Crippen molar-refractivity contribution in [3.8, 4) is 0 Å². The van der Waals surface area contributed by atoms with Crippen LogP contribution in [0, 0.1) is 12.3 Å². The molecule has 3 nitrogen and oxygen atoms in total. The Hall–Kier alpha value is 0.350. The Morgan fingerprint density at radius 2 is 2.25 bits per heavy atom. The Balaban J connectivity index is 1.91. The molecule has 0 N–H and O–H groups in total. The van der Waals surface area contributed by atoms with Crippen LogP contribution >= 0.6 is 39.2 Å². The number of aromatic nitrogens is 2. The highest BCUT2D eigenvalue weighted by molar-refractivity contribution is 9.09. The third kappa shape index (κ3) is 3.18. The second-order valence-electron chi connectivity index (χ2n) is 4.14. The van der Waals surface area contributed by atoms with E-state index in [0.29, 0.717) is 5.41 Å². The molecule has 16 heavy (non-hydrogen) atoms. The van der Waals surface area contributed by atoms with Gasteiger partial charge in [-0.2, -0.15) is 4.37 Å². The van der Waals surface area contributed by atoms with Crippen molar-refractivity contribution in [2.75, 3.05) is 24.3 Å². The molecule has 90 valence electrons. The average Bonchev–Trinajstić information content (AvgIpc) is 2.74. The third-order valence-electron chi connectivity index (χ3n) is 2.85. The highest BCUT2D eigenvalue weighted by Gasteiger charge is 2.31. The molecule has 1 fully saturated rings. The first kappa shape index (κ1) is 12.8. The molecule has 2 rings (SSSR count). The summed E-state index contributed by atoms with van der Waals surface area (Å²) in [5.74, 6) is 1.99. The molecule has 1 aromatic rings. The number of halogens is 1. The quantitative estimate of drug-likeness (QED) is 0.630. The van der Waals surface area contributed by atoms with Crippen LogP contribution in [0.15, 0.2) is 4.34 Å². The van der Waals surface area contributed by atoms with Crippen LogP contribution in [0.25, 0.3) is 0 Å². The van der Waals surface area contributed by atoms with Gasteiger partial charge in [-0.15, -0.1) is 0 Å². The molecule has 0 saturated carbocycles. The molecular formula is C10H15BrN2OS2. The Morgan fingerprint density at radius 3 is 2.81 bits per heavy atom. The van der Waals surface area contributed by atoms with Crippen molar-refractivity contribution in [2.45, 2.75) is 24.1 Å². The molecule has 0 aromatic carbocycles. The summed E-state index contributed by atoms with van der Waals surface area (Å²) in [7, 11) is 0. The van der Waals surface area contributed by atoms with Crippen LogP contribution in [-0.2, 0) is 4.74 Å². The lowest BCUT2D eigenvalue weighted by Crippen LogP contribution is -2.33. The summed E-state index contributed by atoms with van der Waals surface area (Å²) >= 11 is 6.98. The zero-order valence-electron chi connectivity index (χ0n) is 9.24. The summed E-state index contributed by atoms with van der Waals surface area (Å²) in [6.45, 7) is 3.72. The number of alkyl halides is 1. The normalized spacial score (nSPS) is 19.9. The van der Waals surface area contributed by atoms with Gasteiger partial charge >= 0.3 is 0 Å². The fourth-order valence-corrected chi connectivity index (χ4v) is 4.63. The third-order valence-corrected chi connectivity index (χ3v) is 6.31. The number of ether oxygens (including phenoxy) is 1. The second kappa shape index (κ2) is 5.80. The average molecular weight is 323 g/mol. The van der Waals surface area contributed by atoms with Gasteiger partial charge in [-0.3, -0.25) is 0 Å². The van der Waals surface area contributed by atoms with E-state index in [-0.39, 0.29) is 0 Å². The van der Waals surface area contributed by atoms with Gasteiger partial charge in [0.05, 0.1) is 0 Å². The number of nitrogens with zero attached hydrogens (tertiary/aromatic N) is 2. The zero-order chi connectivity index (χ0) is 11.4. The predicted octanol–water partition coefficient (Wildman–Crippen LogP) is 3.13. The number of thioether (sulfide) groups is 1. The smallest absolute Gasteiger partial charge is 0.170 e. The largest absolute Gasteiger partial charge is 0.381 e. The van der Waals surface area contributed by atoms with E-state index in [1.165, 1.54) is 11.5 Å². The molecule has 0 atom stereocenters. The lowest BCUT2D eigenvalue weighted by atomic mass is 9.85. The standard InChI is InChI=1S/C10H15BrN2OS2/c1-8-12-9(16-13-8)15-7-10(6-11)2-4-14-5-3-10/h2-7H2,1H3. The van der Waals surface area contributed by atoms with Crippen LogP contribution < -0.4 is 0 Å². The van der Waals surface area contributed by atoms with E-state index >= 15 is 0 Å². The maximum Gasteiger partial charge on any atom is 0.170 e. The van der Waals surface area contributed by atoms with Gasteiger partial charge in [0.2, 0.25) is 0 Å². The summed E-state index contributed by atoms with van der Waals surface area (Å²) in [4.78, 5) is 4.38. The van der Waals surface area contributed by atoms with Crippen molar-refractivity contribution in [1.29, 1.82) is 0 Å². The van der Waals surface area contributed by atoms with E-state index in [2.05, 4.69) is 25.3 Å². The van der Waals surface area contributed by atoms with Crippen LogP contribution in [0.2, 0.25) is 0 Å². The van der Waals surface area contributed by atoms with Crippen molar-refractivity contribution < 1.29 is 4.74 Å². The zero-order valence-corrected chi connectivity index (χ0v) is 12.5. The Bertz CT molecular complexity index is 339. The molecule has 1 aromatic heterocycles. The second-order valence-corrected chi connectivity index (χ2v) is 6.68. The minimum atomic E-state index is 0.377. The molecule has 0 spiro atoms. The number of rotatable bonds is 4. The van der Waals surface area contributed by atoms with Gasteiger partial charge in [0.25, 0.3) is 0 Å². The van der Waals surface area contributed by atoms with E-state index in [0.717, 1.165) is 47.3 Å². The fourth-order valence-electron chi connectivity index (χ4n) is 1.67. The van der Waals surface area contributed by atoms with Crippen LogP contribution in [0.1, 0.15) is 18.7 Å². The van der Waals surface area contributed by atoms with E-state index in [9.17, 15) is 0 Å². The van der Waals surface area contributed by atoms with E-state index in [1.807, 2.05) is 18.7 Å². The molecule has 2 heterocycles. The summed E-state index contributed by atoms with van der Waals surface area (Å²) < 4.78 is 10.7. The molecule has 1 aliphatic heterocycles. The monoisotopic (exact) mass is 322 g/mol. The number of aryl methyl sites for hydroxylation is 1. The van der Waals surface area contributed by atoms with Crippen LogP contribution in [0.5, 0.6) is 0 Å². The van der Waals surface area contributed by atoms with Gasteiger partial charge in [0.1, 0.15) is 5.82 Å². The minimum absolute atomic E-state index is 0.377. The van der Waals surface area contributed by atoms with Crippen molar-refractivity contribution in [2.24, 2.45) is 5.41 Å². The lowest BCUT2D eigenvalue weighted by molar-refractivity contribution is 0.0374. The number of hydrogen-bond donors (Lipinski definition) is 0. The molecule has 0 radical (unpaired) electrons. The van der Waals surface area contributed by atoms with Crippen LogP contribution in [0.3, 0.4) is 0 Å². The summed E-state index contributed by atoms with van der Waals surface area (Å²) in [5, 5.41) is 1.05. The highest BCUT2D eigenvalue weighted by Crippen LogP contribution is 2.38. The minimum Gasteiger partial charge on any atom is -0.381 e. The van der Waals surface area contributed by atoms with Crippen molar-refractivity contribution in [3.63, 3.8) is 0 Å². The predicted molar refractivity (Wildman–Crippen MR) is 71.7 cm³/mol. The first-order valence-electron chi connectivity index (χ1n) is 5.31.